The molecule has 0 aliphatic carbocycles. The molecule has 0 radical (unpaired) electrons. The minimum absolute atomic E-state index is 0.0609. The van der Waals surface area contributed by atoms with E-state index in [-0.39, 0.29) is 29.3 Å². The number of hydrogen-bond donors (Lipinski definition) is 2. The standard InChI is InChI=1S/C18H14O3/c19-14-8-9-16(18(21)11-14)17(20)10-13-6-3-5-12-4-1-2-7-15(12)13/h1-9,11,19,21H,10H2. The fourth-order valence-electron chi connectivity index (χ4n) is 2.47. The van der Waals surface area contributed by atoms with E-state index in [1.165, 1.54) is 18.2 Å². The zero-order chi connectivity index (χ0) is 14.8. The Labute approximate surface area is 122 Å². The fourth-order valence-corrected chi connectivity index (χ4v) is 2.47. The van der Waals surface area contributed by atoms with Crippen LogP contribution in [-0.4, -0.2) is 16.0 Å². The summed E-state index contributed by atoms with van der Waals surface area (Å²) in [5.74, 6) is -0.432. The van der Waals surface area contributed by atoms with E-state index < -0.39 is 0 Å². The third kappa shape index (κ3) is 2.58. The number of ketones is 1. The highest BCUT2D eigenvalue weighted by atomic mass is 16.3. The van der Waals surface area contributed by atoms with Crippen LogP contribution in [0.15, 0.2) is 60.7 Å². The van der Waals surface area contributed by atoms with Crippen LogP contribution in [0.3, 0.4) is 0 Å². The number of hydrogen-bond acceptors (Lipinski definition) is 3. The third-order valence-corrected chi connectivity index (χ3v) is 3.51. The van der Waals surface area contributed by atoms with Crippen LogP contribution < -0.4 is 0 Å². The highest BCUT2D eigenvalue weighted by molar-refractivity contribution is 6.02. The van der Waals surface area contributed by atoms with Crippen LogP contribution in [0.4, 0.5) is 0 Å². The summed E-state index contributed by atoms with van der Waals surface area (Å²) >= 11 is 0. The van der Waals surface area contributed by atoms with Crippen molar-refractivity contribution in [2.75, 3.05) is 0 Å². The lowest BCUT2D eigenvalue weighted by Crippen LogP contribution is -2.04. The molecular weight excluding hydrogens is 264 g/mol. The van der Waals surface area contributed by atoms with Crippen molar-refractivity contribution in [3.63, 3.8) is 0 Å². The van der Waals surface area contributed by atoms with Gasteiger partial charge in [-0.15, -0.1) is 0 Å². The lowest BCUT2D eigenvalue weighted by molar-refractivity contribution is 0.0991. The predicted octanol–water partition coefficient (Wildman–Crippen LogP) is 3.68. The quantitative estimate of drug-likeness (QED) is 0.719. The minimum atomic E-state index is -0.194. The predicted molar refractivity (Wildman–Crippen MR) is 81.8 cm³/mol. The second-order valence-electron chi connectivity index (χ2n) is 4.94. The topological polar surface area (TPSA) is 57.5 Å². The Kier molecular flexibility index (Phi) is 3.32. The Hall–Kier alpha value is -2.81. The molecule has 0 heterocycles. The highest BCUT2D eigenvalue weighted by Crippen LogP contribution is 2.25. The molecule has 21 heavy (non-hydrogen) atoms. The summed E-state index contributed by atoms with van der Waals surface area (Å²) in [6.45, 7) is 0. The van der Waals surface area contributed by atoms with Gasteiger partial charge in [0.15, 0.2) is 5.78 Å². The molecule has 0 unspecified atom stereocenters. The molecule has 0 fully saturated rings. The average molecular weight is 278 g/mol. The zero-order valence-electron chi connectivity index (χ0n) is 11.3. The average Bonchev–Trinajstić information content (AvgIpc) is 2.47. The number of phenols is 2. The molecule has 0 saturated carbocycles. The van der Waals surface area contributed by atoms with E-state index in [4.69, 9.17) is 0 Å². The summed E-state index contributed by atoms with van der Waals surface area (Å²) in [7, 11) is 0. The van der Waals surface area contributed by atoms with Gasteiger partial charge in [-0.1, -0.05) is 42.5 Å². The molecule has 3 aromatic carbocycles. The van der Waals surface area contributed by atoms with Crippen molar-refractivity contribution in [1.82, 2.24) is 0 Å². The Balaban J connectivity index is 1.97. The normalized spacial score (nSPS) is 10.7. The summed E-state index contributed by atoms with van der Waals surface area (Å²) in [6, 6.07) is 17.7. The molecule has 3 heteroatoms. The van der Waals surface area contributed by atoms with Gasteiger partial charge in [-0.3, -0.25) is 4.79 Å². The van der Waals surface area contributed by atoms with Crippen molar-refractivity contribution in [3.8, 4) is 11.5 Å². The van der Waals surface area contributed by atoms with Crippen molar-refractivity contribution in [3.05, 3.63) is 71.8 Å². The number of Topliss-reactive ketones (excluding diaryl/α,β-unsaturated/α-hetero) is 1. The second kappa shape index (κ2) is 5.29. The van der Waals surface area contributed by atoms with Crippen LogP contribution in [0, 0.1) is 0 Å². The lowest BCUT2D eigenvalue weighted by Gasteiger charge is -2.07. The number of carbonyl (C=O) groups excluding carboxylic acids is 1. The minimum Gasteiger partial charge on any atom is -0.508 e. The summed E-state index contributed by atoms with van der Waals surface area (Å²) in [6.07, 6.45) is 0.208. The maximum absolute atomic E-state index is 12.3. The molecule has 0 saturated heterocycles. The number of fused-ring (bicyclic) bond motifs is 1. The van der Waals surface area contributed by atoms with Gasteiger partial charge in [-0.05, 0) is 28.5 Å². The summed E-state index contributed by atoms with van der Waals surface area (Å²) in [4.78, 5) is 12.3. The SMILES string of the molecule is O=C(Cc1cccc2ccccc12)c1ccc(O)cc1O. The summed E-state index contributed by atoms with van der Waals surface area (Å²) < 4.78 is 0. The molecule has 0 amide bonds. The van der Waals surface area contributed by atoms with Gasteiger partial charge in [-0.2, -0.15) is 0 Å². The largest absolute Gasteiger partial charge is 0.508 e. The van der Waals surface area contributed by atoms with Crippen LogP contribution in [0.25, 0.3) is 10.8 Å². The van der Waals surface area contributed by atoms with Gasteiger partial charge in [0, 0.05) is 12.5 Å². The molecule has 0 aromatic heterocycles. The molecular formula is C18H14O3. The van der Waals surface area contributed by atoms with Gasteiger partial charge in [0.1, 0.15) is 11.5 Å². The van der Waals surface area contributed by atoms with Gasteiger partial charge < -0.3 is 10.2 Å². The maximum Gasteiger partial charge on any atom is 0.170 e. The Morgan fingerprint density at radius 1 is 0.905 bits per heavy atom. The van der Waals surface area contributed by atoms with Crippen LogP contribution in [0.1, 0.15) is 15.9 Å². The van der Waals surface area contributed by atoms with Gasteiger partial charge in [0.25, 0.3) is 0 Å². The molecule has 104 valence electrons. The smallest absolute Gasteiger partial charge is 0.170 e. The zero-order valence-corrected chi connectivity index (χ0v) is 11.3. The van der Waals surface area contributed by atoms with E-state index in [0.29, 0.717) is 0 Å². The second-order valence-corrected chi connectivity index (χ2v) is 4.94. The molecule has 3 aromatic rings. The summed E-state index contributed by atoms with van der Waals surface area (Å²) in [5.41, 5.74) is 1.14. The molecule has 0 aliphatic rings. The van der Waals surface area contributed by atoms with E-state index in [1.54, 1.807) is 0 Å². The van der Waals surface area contributed by atoms with Crippen molar-refractivity contribution < 1.29 is 15.0 Å². The molecule has 0 spiro atoms. The van der Waals surface area contributed by atoms with Crippen molar-refractivity contribution in [2.45, 2.75) is 6.42 Å². The Morgan fingerprint density at radius 3 is 2.48 bits per heavy atom. The Bertz CT molecular complexity index is 816. The number of benzene rings is 3. The monoisotopic (exact) mass is 278 g/mol. The molecule has 2 N–H and O–H groups in total. The van der Waals surface area contributed by atoms with Crippen LogP contribution in [0.2, 0.25) is 0 Å². The van der Waals surface area contributed by atoms with Crippen molar-refractivity contribution in [1.29, 1.82) is 0 Å². The van der Waals surface area contributed by atoms with Gasteiger partial charge in [0.2, 0.25) is 0 Å². The number of aromatic hydroxyl groups is 2. The molecule has 3 rings (SSSR count). The molecule has 3 nitrogen and oxygen atoms in total. The first-order chi connectivity index (χ1) is 10.1. The number of carbonyl (C=O) groups is 1. The van der Waals surface area contributed by atoms with Gasteiger partial charge >= 0.3 is 0 Å². The van der Waals surface area contributed by atoms with Crippen LogP contribution in [-0.2, 0) is 6.42 Å². The lowest BCUT2D eigenvalue weighted by atomic mass is 9.97. The maximum atomic E-state index is 12.3. The van der Waals surface area contributed by atoms with E-state index in [1.807, 2.05) is 42.5 Å². The first-order valence-electron chi connectivity index (χ1n) is 6.67. The van der Waals surface area contributed by atoms with Crippen LogP contribution >= 0.6 is 0 Å². The first-order valence-corrected chi connectivity index (χ1v) is 6.67. The van der Waals surface area contributed by atoms with E-state index >= 15 is 0 Å². The molecule has 0 aliphatic heterocycles. The number of rotatable bonds is 3. The highest BCUT2D eigenvalue weighted by Gasteiger charge is 2.13. The van der Waals surface area contributed by atoms with E-state index in [0.717, 1.165) is 16.3 Å². The summed E-state index contributed by atoms with van der Waals surface area (Å²) in [5, 5.41) is 21.2. The Morgan fingerprint density at radius 2 is 1.67 bits per heavy atom. The van der Waals surface area contributed by atoms with Gasteiger partial charge in [-0.25, -0.2) is 0 Å². The number of phenolic OH excluding ortho intramolecular Hbond substituents is 2. The van der Waals surface area contributed by atoms with Crippen LogP contribution in [0.5, 0.6) is 11.5 Å². The van der Waals surface area contributed by atoms with Crippen molar-refractivity contribution in [2.24, 2.45) is 0 Å². The van der Waals surface area contributed by atoms with Crippen molar-refractivity contribution >= 4 is 16.6 Å². The first kappa shape index (κ1) is 13.2. The van der Waals surface area contributed by atoms with E-state index in [2.05, 4.69) is 0 Å². The molecule has 0 bridgehead atoms. The fraction of sp³-hybridized carbons (Fsp3) is 0.0556. The van der Waals surface area contributed by atoms with Gasteiger partial charge in [0.05, 0.1) is 5.56 Å². The third-order valence-electron chi connectivity index (χ3n) is 3.51. The molecule has 0 atom stereocenters. The van der Waals surface area contributed by atoms with E-state index in [9.17, 15) is 15.0 Å².